The monoisotopic (exact) mass is 67.0 g/mol. The van der Waals surface area contributed by atoms with E-state index in [-0.39, 0.29) is 18.9 Å². The van der Waals surface area contributed by atoms with E-state index in [0.29, 0.717) is 0 Å². The first-order valence-electron chi connectivity index (χ1n) is 0.928. The molecule has 0 aliphatic rings. The summed E-state index contributed by atoms with van der Waals surface area (Å²) in [5.41, 5.74) is 0. The third-order valence-corrected chi connectivity index (χ3v) is 0. The molecule has 0 amide bonds. The molecule has 2 nitrogen and oxygen atoms in total. The van der Waals surface area contributed by atoms with Crippen LogP contribution in [0.5, 0.6) is 0 Å². The van der Waals surface area contributed by atoms with Crippen LogP contribution in [0.1, 0.15) is 6.92 Å². The summed E-state index contributed by atoms with van der Waals surface area (Å²) in [6, 6.07) is 0. The summed E-state index contributed by atoms with van der Waals surface area (Å²) in [4.78, 5) is 9.00. The molecule has 1 N–H and O–H groups in total. The minimum atomic E-state index is -0.833. The molecule has 0 unspecified atom stereocenters. The minimum Gasteiger partial charge on any atom is -0.481 e. The van der Waals surface area contributed by atoms with E-state index in [1.165, 1.54) is 0 Å². The summed E-state index contributed by atoms with van der Waals surface area (Å²) in [5, 5.41) is 7.42. The van der Waals surface area contributed by atoms with Crippen LogP contribution in [0.4, 0.5) is 0 Å². The van der Waals surface area contributed by atoms with Gasteiger partial charge in [0.1, 0.15) is 0 Å². The summed E-state index contributed by atoms with van der Waals surface area (Å²) in [6.45, 7) is 1.08. The van der Waals surface area contributed by atoms with E-state index in [2.05, 4.69) is 0 Å². The quantitative estimate of drug-likeness (QED) is 0.395. The fourth-order valence-corrected chi connectivity index (χ4v) is 0. The van der Waals surface area contributed by atoms with Crippen molar-refractivity contribution >= 4 is 24.8 Å². The van der Waals surface area contributed by atoms with Crippen LogP contribution in [0, 0.1) is 0 Å². The van der Waals surface area contributed by atoms with Crippen LogP contribution in [0.2, 0.25) is 0 Å². The standard InChI is InChI=1S/C2H4O2.Li/c1-2(3)4;/h1H3,(H,3,4);. The molecule has 0 aromatic heterocycles. The topological polar surface area (TPSA) is 37.3 Å². The van der Waals surface area contributed by atoms with Crippen molar-refractivity contribution in [1.82, 2.24) is 0 Å². The van der Waals surface area contributed by atoms with E-state index < -0.39 is 5.97 Å². The summed E-state index contributed by atoms with van der Waals surface area (Å²) in [5.74, 6) is -0.833. The van der Waals surface area contributed by atoms with Gasteiger partial charge in [0.15, 0.2) is 0 Å². The van der Waals surface area contributed by atoms with E-state index in [0.717, 1.165) is 6.92 Å². The zero-order valence-corrected chi connectivity index (χ0v) is 3.36. The summed E-state index contributed by atoms with van der Waals surface area (Å²) in [7, 11) is 0. The van der Waals surface area contributed by atoms with Gasteiger partial charge >= 0.3 is 0 Å². The number of hydrogen-bond acceptors (Lipinski definition) is 1. The molecule has 1 radical (unpaired) electrons. The van der Waals surface area contributed by atoms with Gasteiger partial charge in [-0.05, 0) is 0 Å². The van der Waals surface area contributed by atoms with Crippen molar-refractivity contribution in [1.29, 1.82) is 0 Å². The van der Waals surface area contributed by atoms with Gasteiger partial charge in [0.2, 0.25) is 0 Å². The van der Waals surface area contributed by atoms with Gasteiger partial charge < -0.3 is 5.11 Å². The first-order chi connectivity index (χ1) is 1.73. The predicted octanol–water partition coefficient (Wildman–Crippen LogP) is -0.290. The van der Waals surface area contributed by atoms with Crippen molar-refractivity contribution in [2.24, 2.45) is 0 Å². The second-order valence-electron chi connectivity index (χ2n) is 0.519. The van der Waals surface area contributed by atoms with Crippen LogP contribution in [0.15, 0.2) is 0 Å². The molecule has 0 saturated carbocycles. The largest absolute Gasteiger partial charge is 0.481 e. The molecular formula is C2H4LiO2. The van der Waals surface area contributed by atoms with E-state index in [1.54, 1.807) is 0 Å². The molecule has 0 aliphatic carbocycles. The third-order valence-electron chi connectivity index (χ3n) is 0. The van der Waals surface area contributed by atoms with Gasteiger partial charge in [0, 0.05) is 25.8 Å². The first kappa shape index (κ1) is 8.91. The average molecular weight is 67.0 g/mol. The Kier molecular flexibility index (Phi) is 7.25. The third kappa shape index (κ3) is 3830. The molecule has 0 saturated heterocycles. The Morgan fingerprint density at radius 3 is 1.80 bits per heavy atom. The maximum atomic E-state index is 9.00. The molecule has 3 heteroatoms. The molecule has 0 atom stereocenters. The van der Waals surface area contributed by atoms with Crippen molar-refractivity contribution in [3.63, 3.8) is 0 Å². The van der Waals surface area contributed by atoms with Crippen LogP contribution in [-0.2, 0) is 4.79 Å². The fraction of sp³-hybridized carbons (Fsp3) is 0.500. The van der Waals surface area contributed by atoms with Crippen molar-refractivity contribution in [3.8, 4) is 0 Å². The molecule has 0 bridgehead atoms. The van der Waals surface area contributed by atoms with E-state index in [1.807, 2.05) is 0 Å². The van der Waals surface area contributed by atoms with E-state index >= 15 is 0 Å². The van der Waals surface area contributed by atoms with Gasteiger partial charge in [-0.3, -0.25) is 4.79 Å². The molecule has 0 aromatic rings. The Balaban J connectivity index is 0. The SMILES string of the molecule is CC(=O)O.[Li]. The minimum absolute atomic E-state index is 0. The average Bonchev–Trinajstić information content (AvgIpc) is 0.811. The van der Waals surface area contributed by atoms with Gasteiger partial charge in [0.05, 0.1) is 0 Å². The molecule has 25 valence electrons. The number of aliphatic carboxylic acids is 1. The second-order valence-corrected chi connectivity index (χ2v) is 0.519. The van der Waals surface area contributed by atoms with Crippen molar-refractivity contribution in [2.45, 2.75) is 6.92 Å². The Hall–Kier alpha value is 0.0674. The summed E-state index contributed by atoms with van der Waals surface area (Å²) in [6.07, 6.45) is 0. The molecule has 0 spiro atoms. The number of carboxylic acid groups (broad SMARTS) is 1. The van der Waals surface area contributed by atoms with Crippen LogP contribution >= 0.6 is 0 Å². The number of carbonyl (C=O) groups is 1. The number of rotatable bonds is 0. The predicted molar refractivity (Wildman–Crippen MR) is 19.1 cm³/mol. The molecule has 5 heavy (non-hydrogen) atoms. The van der Waals surface area contributed by atoms with Gasteiger partial charge in [-0.1, -0.05) is 0 Å². The van der Waals surface area contributed by atoms with Crippen LogP contribution < -0.4 is 0 Å². The molecule has 0 aliphatic heterocycles. The number of hydrogen-bond donors (Lipinski definition) is 1. The van der Waals surface area contributed by atoms with E-state index in [9.17, 15) is 0 Å². The van der Waals surface area contributed by atoms with Gasteiger partial charge in [-0.25, -0.2) is 0 Å². The van der Waals surface area contributed by atoms with Crippen LogP contribution in [0.25, 0.3) is 0 Å². The maximum Gasteiger partial charge on any atom is 0.300 e. The smallest absolute Gasteiger partial charge is 0.300 e. The van der Waals surface area contributed by atoms with Crippen LogP contribution in [0.3, 0.4) is 0 Å². The van der Waals surface area contributed by atoms with Crippen molar-refractivity contribution in [2.75, 3.05) is 0 Å². The first-order valence-corrected chi connectivity index (χ1v) is 0.928. The Morgan fingerprint density at radius 1 is 1.80 bits per heavy atom. The Morgan fingerprint density at radius 2 is 1.80 bits per heavy atom. The summed E-state index contributed by atoms with van der Waals surface area (Å²) >= 11 is 0. The summed E-state index contributed by atoms with van der Waals surface area (Å²) < 4.78 is 0. The Labute approximate surface area is 42.4 Å². The van der Waals surface area contributed by atoms with Gasteiger partial charge in [0.25, 0.3) is 5.97 Å². The molecule has 0 aromatic carbocycles. The number of carboxylic acids is 1. The maximum absolute atomic E-state index is 9.00. The zero-order valence-electron chi connectivity index (χ0n) is 3.36. The molecule has 0 rings (SSSR count). The Bertz CT molecular complexity index is 30.6. The second kappa shape index (κ2) is 4.07. The zero-order chi connectivity index (χ0) is 3.58. The molecule has 0 heterocycles. The molecule has 0 fully saturated rings. The fourth-order valence-electron chi connectivity index (χ4n) is 0. The van der Waals surface area contributed by atoms with Crippen LogP contribution in [-0.4, -0.2) is 29.9 Å². The van der Waals surface area contributed by atoms with Gasteiger partial charge in [-0.2, -0.15) is 0 Å². The van der Waals surface area contributed by atoms with Gasteiger partial charge in [-0.15, -0.1) is 0 Å². The van der Waals surface area contributed by atoms with Crippen molar-refractivity contribution < 1.29 is 9.90 Å². The van der Waals surface area contributed by atoms with E-state index in [4.69, 9.17) is 9.90 Å². The normalized spacial score (nSPS) is 5.00. The molecular weight excluding hydrogens is 63.0 g/mol. The van der Waals surface area contributed by atoms with Crippen molar-refractivity contribution in [3.05, 3.63) is 0 Å².